The van der Waals surface area contributed by atoms with Crippen molar-refractivity contribution in [2.45, 2.75) is 32.5 Å². The number of methoxy groups -OCH3 is 1. The van der Waals surface area contributed by atoms with E-state index in [1.54, 1.807) is 13.2 Å². The van der Waals surface area contributed by atoms with E-state index in [0.717, 1.165) is 29.2 Å². The zero-order valence-electron chi connectivity index (χ0n) is 17.2. The van der Waals surface area contributed by atoms with Gasteiger partial charge in [0.05, 0.1) is 45.2 Å². The summed E-state index contributed by atoms with van der Waals surface area (Å²) in [5, 5.41) is 19.1. The van der Waals surface area contributed by atoms with Crippen molar-refractivity contribution < 1.29 is 24.5 Å². The van der Waals surface area contributed by atoms with Crippen LogP contribution in [0.15, 0.2) is 18.2 Å². The van der Waals surface area contributed by atoms with Crippen molar-refractivity contribution in [3.63, 3.8) is 0 Å². The lowest BCUT2D eigenvalue weighted by atomic mass is 10.0. The van der Waals surface area contributed by atoms with Gasteiger partial charge in [-0.3, -0.25) is 0 Å². The number of morpholine rings is 1. The fraction of sp³-hybridized carbons (Fsp3) is 0.476. The third-order valence-electron chi connectivity index (χ3n) is 5.66. The molecule has 0 bridgehead atoms. The second-order valence-corrected chi connectivity index (χ2v) is 7.55. The van der Waals surface area contributed by atoms with Crippen molar-refractivity contribution in [2.24, 2.45) is 0 Å². The van der Waals surface area contributed by atoms with Crippen LogP contribution in [-0.4, -0.2) is 70.6 Å². The predicted octanol–water partition coefficient (Wildman–Crippen LogP) is 1.91. The van der Waals surface area contributed by atoms with Crippen LogP contribution in [0.25, 0.3) is 11.4 Å². The number of nitrogens with zero attached hydrogens (tertiary/aromatic N) is 4. The maximum Gasteiger partial charge on any atom is 0.407 e. The quantitative estimate of drug-likeness (QED) is 0.781. The van der Waals surface area contributed by atoms with Crippen LogP contribution in [0.2, 0.25) is 0 Å². The zero-order valence-corrected chi connectivity index (χ0v) is 17.2. The molecule has 0 aliphatic carbocycles. The molecule has 3 heterocycles. The number of amides is 1. The van der Waals surface area contributed by atoms with Gasteiger partial charge >= 0.3 is 6.09 Å². The molecule has 4 rings (SSSR count). The molecule has 160 valence electrons. The Labute approximate surface area is 174 Å². The fourth-order valence-electron chi connectivity index (χ4n) is 4.02. The molecule has 1 saturated heterocycles. The molecule has 1 aromatic carbocycles. The van der Waals surface area contributed by atoms with Crippen LogP contribution in [0.1, 0.15) is 23.7 Å². The Morgan fingerprint density at radius 3 is 2.87 bits per heavy atom. The van der Waals surface area contributed by atoms with Crippen LogP contribution in [0.3, 0.4) is 0 Å². The van der Waals surface area contributed by atoms with E-state index in [9.17, 15) is 15.0 Å². The van der Waals surface area contributed by atoms with Crippen LogP contribution in [0.5, 0.6) is 5.75 Å². The van der Waals surface area contributed by atoms with Crippen LogP contribution in [0.4, 0.5) is 10.6 Å². The molecule has 9 heteroatoms. The van der Waals surface area contributed by atoms with E-state index in [4.69, 9.17) is 19.4 Å². The Morgan fingerprint density at radius 2 is 2.17 bits per heavy atom. The number of aliphatic hydroxyl groups excluding tert-OH is 1. The molecule has 1 atom stereocenters. The summed E-state index contributed by atoms with van der Waals surface area (Å²) in [7, 11) is 1.56. The van der Waals surface area contributed by atoms with Crippen molar-refractivity contribution >= 4 is 11.9 Å². The standard InChI is InChI=1S/C21H26N4O5/c1-13-12-30-8-7-25(13)20-16-5-6-24(21(27)28)10-17(16)22-19(23-20)14-3-4-18(29-2)15(9-14)11-26/h3-4,9,13,26H,5-8,10-12H2,1-2H3,(H,27,28). The van der Waals surface area contributed by atoms with E-state index in [-0.39, 0.29) is 19.2 Å². The molecule has 2 aliphatic heterocycles. The number of fused-ring (bicyclic) bond motifs is 1. The lowest BCUT2D eigenvalue weighted by Crippen LogP contribution is -2.45. The molecule has 2 N–H and O–H groups in total. The predicted molar refractivity (Wildman–Crippen MR) is 110 cm³/mol. The van der Waals surface area contributed by atoms with Gasteiger partial charge < -0.3 is 29.5 Å². The Hall–Kier alpha value is -2.91. The average molecular weight is 414 g/mol. The highest BCUT2D eigenvalue weighted by Crippen LogP contribution is 2.32. The van der Waals surface area contributed by atoms with Gasteiger partial charge in [-0.25, -0.2) is 14.8 Å². The third-order valence-corrected chi connectivity index (χ3v) is 5.66. The molecule has 0 saturated carbocycles. The summed E-state index contributed by atoms with van der Waals surface area (Å²) >= 11 is 0. The minimum atomic E-state index is -0.950. The first kappa shape index (κ1) is 20.4. The molecule has 30 heavy (non-hydrogen) atoms. The van der Waals surface area contributed by atoms with E-state index in [1.165, 1.54) is 4.90 Å². The lowest BCUT2D eigenvalue weighted by Gasteiger charge is -2.37. The van der Waals surface area contributed by atoms with Gasteiger partial charge in [-0.05, 0) is 31.5 Å². The molecule has 1 unspecified atom stereocenters. The van der Waals surface area contributed by atoms with Crippen LogP contribution < -0.4 is 9.64 Å². The summed E-state index contributed by atoms with van der Waals surface area (Å²) in [5.74, 6) is 1.95. The Morgan fingerprint density at radius 1 is 1.33 bits per heavy atom. The average Bonchev–Trinajstić information content (AvgIpc) is 2.77. The van der Waals surface area contributed by atoms with Gasteiger partial charge in [0.15, 0.2) is 5.82 Å². The minimum absolute atomic E-state index is 0.159. The van der Waals surface area contributed by atoms with Gasteiger partial charge in [0.1, 0.15) is 11.6 Å². The third kappa shape index (κ3) is 3.78. The van der Waals surface area contributed by atoms with Crippen LogP contribution in [0, 0.1) is 0 Å². The van der Waals surface area contributed by atoms with E-state index in [0.29, 0.717) is 43.3 Å². The molecule has 1 aromatic heterocycles. The molecule has 1 amide bonds. The summed E-state index contributed by atoms with van der Waals surface area (Å²) < 4.78 is 10.9. The number of carboxylic acid groups (broad SMARTS) is 1. The summed E-state index contributed by atoms with van der Waals surface area (Å²) in [5.41, 5.74) is 3.12. The van der Waals surface area contributed by atoms with Gasteiger partial charge in [0.2, 0.25) is 0 Å². The fourth-order valence-corrected chi connectivity index (χ4v) is 4.02. The van der Waals surface area contributed by atoms with E-state index < -0.39 is 6.09 Å². The second kappa shape index (κ2) is 8.45. The van der Waals surface area contributed by atoms with Crippen LogP contribution >= 0.6 is 0 Å². The molecule has 2 aromatic rings. The highest BCUT2D eigenvalue weighted by Gasteiger charge is 2.30. The van der Waals surface area contributed by atoms with E-state index >= 15 is 0 Å². The van der Waals surface area contributed by atoms with Gasteiger partial charge in [-0.1, -0.05) is 0 Å². The Bertz CT molecular complexity index is 951. The first-order valence-corrected chi connectivity index (χ1v) is 10.0. The monoisotopic (exact) mass is 414 g/mol. The molecular formula is C21H26N4O5. The number of benzene rings is 1. The number of anilines is 1. The number of ether oxygens (including phenoxy) is 2. The largest absolute Gasteiger partial charge is 0.496 e. The summed E-state index contributed by atoms with van der Waals surface area (Å²) in [6.07, 6.45) is -0.375. The highest BCUT2D eigenvalue weighted by molar-refractivity contribution is 5.67. The number of aliphatic hydroxyl groups is 1. The number of rotatable bonds is 4. The summed E-state index contributed by atoms with van der Waals surface area (Å²) in [4.78, 5) is 24.8. The number of aromatic nitrogens is 2. The molecule has 0 spiro atoms. The zero-order chi connectivity index (χ0) is 21.3. The maximum atomic E-state index is 11.5. The number of hydrogen-bond acceptors (Lipinski definition) is 7. The smallest absolute Gasteiger partial charge is 0.407 e. The first-order chi connectivity index (χ1) is 14.5. The van der Waals surface area contributed by atoms with Crippen molar-refractivity contribution in [2.75, 3.05) is 38.3 Å². The van der Waals surface area contributed by atoms with Crippen molar-refractivity contribution in [1.82, 2.24) is 14.9 Å². The highest BCUT2D eigenvalue weighted by atomic mass is 16.5. The summed E-state index contributed by atoms with van der Waals surface area (Å²) in [6.45, 7) is 4.54. The molecular weight excluding hydrogens is 388 g/mol. The van der Waals surface area contributed by atoms with Crippen LogP contribution in [-0.2, 0) is 24.3 Å². The molecule has 0 radical (unpaired) electrons. The molecule has 1 fully saturated rings. The number of carbonyl (C=O) groups is 1. The van der Waals surface area contributed by atoms with Gasteiger partial charge in [0.25, 0.3) is 0 Å². The van der Waals surface area contributed by atoms with Crippen molar-refractivity contribution in [3.05, 3.63) is 35.0 Å². The topological polar surface area (TPSA) is 108 Å². The van der Waals surface area contributed by atoms with E-state index in [2.05, 4.69) is 11.8 Å². The van der Waals surface area contributed by atoms with Crippen molar-refractivity contribution in [3.8, 4) is 17.1 Å². The second-order valence-electron chi connectivity index (χ2n) is 7.55. The first-order valence-electron chi connectivity index (χ1n) is 10.0. The lowest BCUT2D eigenvalue weighted by molar-refractivity contribution is 0.0983. The normalized spacial score (nSPS) is 18.8. The molecule has 9 nitrogen and oxygen atoms in total. The summed E-state index contributed by atoms with van der Waals surface area (Å²) in [6, 6.07) is 5.60. The SMILES string of the molecule is COc1ccc(-c2nc3c(c(N4CCOCC4C)n2)CCN(C(=O)O)C3)cc1CO. The van der Waals surface area contributed by atoms with Gasteiger partial charge in [-0.2, -0.15) is 0 Å². The Balaban J connectivity index is 1.82. The van der Waals surface area contributed by atoms with Gasteiger partial charge in [-0.15, -0.1) is 0 Å². The number of hydrogen-bond donors (Lipinski definition) is 2. The maximum absolute atomic E-state index is 11.5. The minimum Gasteiger partial charge on any atom is -0.496 e. The van der Waals surface area contributed by atoms with Gasteiger partial charge in [0, 0.05) is 29.8 Å². The molecule has 2 aliphatic rings. The van der Waals surface area contributed by atoms with Crippen molar-refractivity contribution in [1.29, 1.82) is 0 Å². The Kier molecular flexibility index (Phi) is 5.74. The van der Waals surface area contributed by atoms with E-state index in [1.807, 2.05) is 12.1 Å².